The quantitative estimate of drug-likeness (QED) is 0.787. The fourth-order valence-corrected chi connectivity index (χ4v) is 3.65. The monoisotopic (exact) mass is 350 g/mol. The number of likely N-dealkylation sites (tertiary alicyclic amines) is 1. The SMILES string of the molecule is Cc1cn(C)c([C@@H]2CCCN(C(=O)c3cc(-c4cccnc4)n[nH]3)C2)n1. The second kappa shape index (κ2) is 6.74. The van der Waals surface area contributed by atoms with E-state index < -0.39 is 0 Å². The van der Waals surface area contributed by atoms with Crippen LogP contribution in [0.5, 0.6) is 0 Å². The molecule has 1 aliphatic heterocycles. The number of H-pyrrole nitrogens is 1. The van der Waals surface area contributed by atoms with Gasteiger partial charge in [-0.25, -0.2) is 4.98 Å². The summed E-state index contributed by atoms with van der Waals surface area (Å²) in [5.74, 6) is 1.32. The molecule has 0 aliphatic carbocycles. The Labute approximate surface area is 152 Å². The zero-order valence-electron chi connectivity index (χ0n) is 15.0. The average molecular weight is 350 g/mol. The third-order valence-corrected chi connectivity index (χ3v) is 4.87. The van der Waals surface area contributed by atoms with Gasteiger partial charge in [0.15, 0.2) is 0 Å². The Bertz CT molecular complexity index is 913. The van der Waals surface area contributed by atoms with E-state index in [2.05, 4.69) is 24.7 Å². The topological polar surface area (TPSA) is 79.7 Å². The fourth-order valence-electron chi connectivity index (χ4n) is 3.65. The normalized spacial score (nSPS) is 17.5. The summed E-state index contributed by atoms with van der Waals surface area (Å²) < 4.78 is 2.07. The Morgan fingerprint density at radius 1 is 1.38 bits per heavy atom. The Kier molecular flexibility index (Phi) is 4.28. The molecule has 134 valence electrons. The third-order valence-electron chi connectivity index (χ3n) is 4.87. The van der Waals surface area contributed by atoms with Crippen LogP contribution in [0.2, 0.25) is 0 Å². The summed E-state index contributed by atoms with van der Waals surface area (Å²) in [7, 11) is 2.02. The Morgan fingerprint density at radius 2 is 2.27 bits per heavy atom. The maximum absolute atomic E-state index is 12.9. The van der Waals surface area contributed by atoms with Gasteiger partial charge < -0.3 is 9.47 Å². The molecule has 0 spiro atoms. The van der Waals surface area contributed by atoms with E-state index in [0.717, 1.165) is 42.2 Å². The maximum Gasteiger partial charge on any atom is 0.271 e. The number of carbonyl (C=O) groups is 1. The van der Waals surface area contributed by atoms with Crippen molar-refractivity contribution in [2.75, 3.05) is 13.1 Å². The molecule has 3 aromatic heterocycles. The van der Waals surface area contributed by atoms with E-state index in [1.54, 1.807) is 18.5 Å². The first-order chi connectivity index (χ1) is 12.6. The number of aromatic nitrogens is 5. The van der Waals surface area contributed by atoms with Gasteiger partial charge in [0.05, 0.1) is 11.4 Å². The molecule has 26 heavy (non-hydrogen) atoms. The van der Waals surface area contributed by atoms with E-state index in [1.165, 1.54) is 0 Å². The summed E-state index contributed by atoms with van der Waals surface area (Å²) in [4.78, 5) is 23.6. The van der Waals surface area contributed by atoms with Crippen LogP contribution in [-0.4, -0.2) is 48.6 Å². The lowest BCUT2D eigenvalue weighted by Gasteiger charge is -2.32. The van der Waals surface area contributed by atoms with Gasteiger partial charge in [0.2, 0.25) is 0 Å². The van der Waals surface area contributed by atoms with Crippen molar-refractivity contribution in [3.63, 3.8) is 0 Å². The predicted octanol–water partition coefficient (Wildman–Crippen LogP) is 2.53. The van der Waals surface area contributed by atoms with Crippen LogP contribution in [0.1, 0.15) is 40.8 Å². The molecule has 1 saturated heterocycles. The van der Waals surface area contributed by atoms with Gasteiger partial charge in [-0.2, -0.15) is 5.10 Å². The summed E-state index contributed by atoms with van der Waals surface area (Å²) in [6.07, 6.45) is 7.52. The van der Waals surface area contributed by atoms with E-state index in [4.69, 9.17) is 0 Å². The van der Waals surface area contributed by atoms with Gasteiger partial charge in [-0.3, -0.25) is 14.9 Å². The highest BCUT2D eigenvalue weighted by Crippen LogP contribution is 2.27. The van der Waals surface area contributed by atoms with Crippen LogP contribution in [0.4, 0.5) is 0 Å². The van der Waals surface area contributed by atoms with Gasteiger partial charge in [-0.15, -0.1) is 0 Å². The Hall–Kier alpha value is -2.96. The molecule has 1 amide bonds. The van der Waals surface area contributed by atoms with Crippen molar-refractivity contribution in [1.82, 2.24) is 29.6 Å². The number of aromatic amines is 1. The summed E-state index contributed by atoms with van der Waals surface area (Å²) in [6, 6.07) is 5.58. The zero-order valence-corrected chi connectivity index (χ0v) is 15.0. The standard InChI is InChI=1S/C19H22N6O/c1-13-11-24(2)18(21-13)15-6-4-8-25(12-15)19(26)17-9-16(22-23-17)14-5-3-7-20-10-14/h3,5,7,9-11,15H,4,6,8,12H2,1-2H3,(H,22,23)/t15-/m1/s1. The largest absolute Gasteiger partial charge is 0.337 e. The highest BCUT2D eigenvalue weighted by Gasteiger charge is 2.28. The minimum Gasteiger partial charge on any atom is -0.337 e. The highest BCUT2D eigenvalue weighted by atomic mass is 16.2. The highest BCUT2D eigenvalue weighted by molar-refractivity contribution is 5.93. The number of imidazole rings is 1. The summed E-state index contributed by atoms with van der Waals surface area (Å²) in [5.41, 5.74) is 3.15. The molecule has 1 aliphatic rings. The van der Waals surface area contributed by atoms with E-state index >= 15 is 0 Å². The van der Waals surface area contributed by atoms with Crippen LogP contribution in [0.3, 0.4) is 0 Å². The van der Waals surface area contributed by atoms with Gasteiger partial charge in [0.1, 0.15) is 11.5 Å². The molecule has 7 nitrogen and oxygen atoms in total. The second-order valence-electron chi connectivity index (χ2n) is 6.85. The number of piperidine rings is 1. The lowest BCUT2D eigenvalue weighted by molar-refractivity contribution is 0.0697. The summed E-state index contributed by atoms with van der Waals surface area (Å²) in [5, 5.41) is 7.15. The first-order valence-electron chi connectivity index (χ1n) is 8.87. The molecule has 1 atom stereocenters. The Balaban J connectivity index is 1.51. The van der Waals surface area contributed by atoms with Crippen LogP contribution < -0.4 is 0 Å². The predicted molar refractivity (Wildman–Crippen MR) is 97.6 cm³/mol. The second-order valence-corrected chi connectivity index (χ2v) is 6.85. The van der Waals surface area contributed by atoms with Crippen molar-refractivity contribution in [2.24, 2.45) is 7.05 Å². The number of aryl methyl sites for hydroxylation is 2. The molecule has 3 aromatic rings. The first-order valence-corrected chi connectivity index (χ1v) is 8.87. The number of nitrogens with one attached hydrogen (secondary N) is 1. The van der Waals surface area contributed by atoms with Gasteiger partial charge in [-0.1, -0.05) is 0 Å². The summed E-state index contributed by atoms with van der Waals surface area (Å²) in [6.45, 7) is 3.45. The van der Waals surface area contributed by atoms with E-state index in [1.807, 2.05) is 37.2 Å². The molecule has 7 heteroatoms. The van der Waals surface area contributed by atoms with Crippen molar-refractivity contribution < 1.29 is 4.79 Å². The molecule has 0 unspecified atom stereocenters. The van der Waals surface area contributed by atoms with Gasteiger partial charge in [-0.05, 0) is 38.0 Å². The van der Waals surface area contributed by atoms with Crippen molar-refractivity contribution in [2.45, 2.75) is 25.7 Å². The van der Waals surface area contributed by atoms with Gasteiger partial charge in [0, 0.05) is 50.2 Å². The van der Waals surface area contributed by atoms with E-state index in [0.29, 0.717) is 12.2 Å². The van der Waals surface area contributed by atoms with Crippen LogP contribution in [0, 0.1) is 6.92 Å². The minimum atomic E-state index is -0.0109. The van der Waals surface area contributed by atoms with Crippen molar-refractivity contribution in [3.8, 4) is 11.3 Å². The van der Waals surface area contributed by atoms with Crippen LogP contribution >= 0.6 is 0 Å². The third kappa shape index (κ3) is 3.12. The van der Waals surface area contributed by atoms with Crippen LogP contribution in [0.15, 0.2) is 36.8 Å². The number of hydrogen-bond donors (Lipinski definition) is 1. The number of nitrogens with zero attached hydrogens (tertiary/aromatic N) is 5. The number of rotatable bonds is 3. The average Bonchev–Trinajstić information content (AvgIpc) is 3.28. The minimum absolute atomic E-state index is 0.0109. The van der Waals surface area contributed by atoms with Gasteiger partial charge in [0.25, 0.3) is 5.91 Å². The molecular formula is C19H22N6O. The summed E-state index contributed by atoms with van der Waals surface area (Å²) >= 11 is 0. The number of hydrogen-bond acceptors (Lipinski definition) is 4. The van der Waals surface area contributed by atoms with E-state index in [-0.39, 0.29) is 11.8 Å². The molecule has 0 bridgehead atoms. The van der Waals surface area contributed by atoms with Crippen molar-refractivity contribution >= 4 is 5.91 Å². The molecule has 4 rings (SSSR count). The number of amides is 1. The lowest BCUT2D eigenvalue weighted by atomic mass is 9.97. The smallest absolute Gasteiger partial charge is 0.271 e. The fraction of sp³-hybridized carbons (Fsp3) is 0.368. The van der Waals surface area contributed by atoms with E-state index in [9.17, 15) is 4.79 Å². The van der Waals surface area contributed by atoms with Gasteiger partial charge >= 0.3 is 0 Å². The molecule has 0 saturated carbocycles. The van der Waals surface area contributed by atoms with Crippen molar-refractivity contribution in [3.05, 3.63) is 54.0 Å². The molecule has 0 aromatic carbocycles. The number of carbonyl (C=O) groups excluding carboxylic acids is 1. The van der Waals surface area contributed by atoms with Crippen LogP contribution in [0.25, 0.3) is 11.3 Å². The molecule has 1 fully saturated rings. The first kappa shape index (κ1) is 16.5. The van der Waals surface area contributed by atoms with Crippen molar-refractivity contribution in [1.29, 1.82) is 0 Å². The lowest BCUT2D eigenvalue weighted by Crippen LogP contribution is -2.39. The molecule has 1 N–H and O–H groups in total. The Morgan fingerprint density at radius 3 is 3.00 bits per heavy atom. The van der Waals surface area contributed by atoms with Crippen LogP contribution in [-0.2, 0) is 7.05 Å². The number of pyridine rings is 1. The zero-order chi connectivity index (χ0) is 18.1. The maximum atomic E-state index is 12.9. The molecular weight excluding hydrogens is 328 g/mol. The molecule has 4 heterocycles. The molecule has 0 radical (unpaired) electrons.